The number of ether oxygens (including phenoxy) is 1. The van der Waals surface area contributed by atoms with Gasteiger partial charge in [0.15, 0.2) is 0 Å². The van der Waals surface area contributed by atoms with Gasteiger partial charge in [0.2, 0.25) is 10.0 Å². The SMILES string of the molecule is COc1ccc(NS(=O)(=O)C2CCCC2)c(C(=O)O)c1. The van der Waals surface area contributed by atoms with E-state index in [4.69, 9.17) is 9.84 Å². The summed E-state index contributed by atoms with van der Waals surface area (Å²) in [6.45, 7) is 0. The fourth-order valence-corrected chi connectivity index (χ4v) is 3.96. The molecule has 1 aromatic rings. The Morgan fingerprint density at radius 2 is 2.00 bits per heavy atom. The number of carboxylic acids is 1. The Kier molecular flexibility index (Phi) is 4.17. The first-order valence-electron chi connectivity index (χ1n) is 6.37. The van der Waals surface area contributed by atoms with E-state index in [1.165, 1.54) is 25.3 Å². The van der Waals surface area contributed by atoms with Crippen LogP contribution in [0.5, 0.6) is 5.75 Å². The van der Waals surface area contributed by atoms with Crippen LogP contribution in [0.4, 0.5) is 5.69 Å². The van der Waals surface area contributed by atoms with Gasteiger partial charge >= 0.3 is 5.97 Å². The highest BCUT2D eigenvalue weighted by Crippen LogP contribution is 2.28. The molecule has 7 heteroatoms. The second-order valence-corrected chi connectivity index (χ2v) is 6.73. The van der Waals surface area contributed by atoms with Crippen LogP contribution in [-0.4, -0.2) is 31.9 Å². The predicted octanol–water partition coefficient (Wildman–Crippen LogP) is 2.08. The summed E-state index contributed by atoms with van der Waals surface area (Å²) in [4.78, 5) is 11.2. The molecule has 1 saturated carbocycles. The van der Waals surface area contributed by atoms with Crippen LogP contribution < -0.4 is 9.46 Å². The Hall–Kier alpha value is -1.76. The number of anilines is 1. The lowest BCUT2D eigenvalue weighted by Crippen LogP contribution is -2.26. The zero-order valence-electron chi connectivity index (χ0n) is 11.1. The maximum atomic E-state index is 12.2. The van der Waals surface area contributed by atoms with Crippen molar-refractivity contribution in [1.29, 1.82) is 0 Å². The number of rotatable bonds is 5. The largest absolute Gasteiger partial charge is 0.497 e. The minimum absolute atomic E-state index is 0.0743. The Morgan fingerprint density at radius 1 is 1.35 bits per heavy atom. The predicted molar refractivity (Wildman–Crippen MR) is 74.8 cm³/mol. The van der Waals surface area contributed by atoms with Gasteiger partial charge in [0, 0.05) is 0 Å². The molecule has 20 heavy (non-hydrogen) atoms. The first kappa shape index (κ1) is 14.6. The molecule has 0 atom stereocenters. The second-order valence-electron chi connectivity index (χ2n) is 4.77. The van der Waals surface area contributed by atoms with E-state index in [1.807, 2.05) is 0 Å². The van der Waals surface area contributed by atoms with Crippen molar-refractivity contribution in [3.63, 3.8) is 0 Å². The van der Waals surface area contributed by atoms with E-state index in [0.717, 1.165) is 12.8 Å². The minimum Gasteiger partial charge on any atom is -0.497 e. The topological polar surface area (TPSA) is 92.7 Å². The molecule has 1 aromatic carbocycles. The number of nitrogens with one attached hydrogen (secondary N) is 1. The summed E-state index contributed by atoms with van der Waals surface area (Å²) in [6, 6.07) is 4.24. The molecule has 0 unspecified atom stereocenters. The maximum Gasteiger partial charge on any atom is 0.337 e. The van der Waals surface area contributed by atoms with E-state index in [2.05, 4.69) is 4.72 Å². The quantitative estimate of drug-likeness (QED) is 0.868. The van der Waals surface area contributed by atoms with E-state index < -0.39 is 21.2 Å². The first-order chi connectivity index (χ1) is 9.44. The summed E-state index contributed by atoms with van der Waals surface area (Å²) in [5.74, 6) is -0.834. The van der Waals surface area contributed by atoms with E-state index in [9.17, 15) is 13.2 Å². The zero-order chi connectivity index (χ0) is 14.8. The van der Waals surface area contributed by atoms with Crippen LogP contribution in [0.2, 0.25) is 0 Å². The number of sulfonamides is 1. The van der Waals surface area contributed by atoms with Gasteiger partial charge in [-0.1, -0.05) is 12.8 Å². The number of methoxy groups -OCH3 is 1. The summed E-state index contributed by atoms with van der Waals surface area (Å²) in [5, 5.41) is 8.72. The third-order valence-electron chi connectivity index (χ3n) is 3.45. The Labute approximate surface area is 117 Å². The monoisotopic (exact) mass is 299 g/mol. The summed E-state index contributed by atoms with van der Waals surface area (Å²) >= 11 is 0. The Balaban J connectivity index is 2.30. The smallest absolute Gasteiger partial charge is 0.337 e. The molecule has 0 aliphatic heterocycles. The highest BCUT2D eigenvalue weighted by Gasteiger charge is 2.29. The third kappa shape index (κ3) is 3.04. The average molecular weight is 299 g/mol. The fourth-order valence-electron chi connectivity index (χ4n) is 2.35. The van der Waals surface area contributed by atoms with E-state index in [1.54, 1.807) is 0 Å². The fraction of sp³-hybridized carbons (Fsp3) is 0.462. The number of hydrogen-bond donors (Lipinski definition) is 2. The van der Waals surface area contributed by atoms with Crippen molar-refractivity contribution in [2.45, 2.75) is 30.9 Å². The molecule has 2 rings (SSSR count). The van der Waals surface area contributed by atoms with Gasteiger partial charge in [0.05, 0.1) is 23.6 Å². The highest BCUT2D eigenvalue weighted by atomic mass is 32.2. The normalized spacial score (nSPS) is 16.1. The van der Waals surface area contributed by atoms with Crippen LogP contribution >= 0.6 is 0 Å². The van der Waals surface area contributed by atoms with Crippen molar-refractivity contribution in [2.75, 3.05) is 11.8 Å². The number of aromatic carboxylic acids is 1. The van der Waals surface area contributed by atoms with Crippen LogP contribution in [0.25, 0.3) is 0 Å². The van der Waals surface area contributed by atoms with Gasteiger partial charge < -0.3 is 9.84 Å². The van der Waals surface area contributed by atoms with E-state index in [-0.39, 0.29) is 11.3 Å². The number of benzene rings is 1. The molecular weight excluding hydrogens is 282 g/mol. The summed E-state index contributed by atoms with van der Waals surface area (Å²) in [6.07, 6.45) is 3.02. The van der Waals surface area contributed by atoms with Crippen LogP contribution in [0.3, 0.4) is 0 Å². The van der Waals surface area contributed by atoms with Gasteiger partial charge in [0.25, 0.3) is 0 Å². The number of carboxylic acid groups (broad SMARTS) is 1. The standard InChI is InChI=1S/C13H17NO5S/c1-19-9-6-7-12(11(8-9)13(15)16)14-20(17,18)10-4-2-3-5-10/h6-8,10,14H,2-5H2,1H3,(H,15,16). The van der Waals surface area contributed by atoms with Crippen molar-refractivity contribution >= 4 is 21.7 Å². The van der Waals surface area contributed by atoms with Crippen molar-refractivity contribution in [3.05, 3.63) is 23.8 Å². The van der Waals surface area contributed by atoms with Gasteiger partial charge in [-0.3, -0.25) is 4.72 Å². The van der Waals surface area contributed by atoms with Gasteiger partial charge in [0.1, 0.15) is 5.75 Å². The van der Waals surface area contributed by atoms with Gasteiger partial charge in [-0.15, -0.1) is 0 Å². The molecule has 110 valence electrons. The van der Waals surface area contributed by atoms with Crippen molar-refractivity contribution in [2.24, 2.45) is 0 Å². The van der Waals surface area contributed by atoms with Crippen molar-refractivity contribution in [1.82, 2.24) is 0 Å². The van der Waals surface area contributed by atoms with Crippen molar-refractivity contribution < 1.29 is 23.1 Å². The molecule has 0 aromatic heterocycles. The molecule has 6 nitrogen and oxygen atoms in total. The van der Waals surface area contributed by atoms with Crippen molar-refractivity contribution in [3.8, 4) is 5.75 Å². The molecule has 0 spiro atoms. The Morgan fingerprint density at radius 3 is 2.55 bits per heavy atom. The molecule has 0 radical (unpaired) electrons. The lowest BCUT2D eigenvalue weighted by atomic mass is 10.2. The molecular formula is C13H17NO5S. The van der Waals surface area contributed by atoms with E-state index >= 15 is 0 Å². The summed E-state index contributed by atoms with van der Waals surface area (Å²) < 4.78 is 31.7. The number of carbonyl (C=O) groups is 1. The molecule has 0 amide bonds. The second kappa shape index (κ2) is 5.70. The first-order valence-corrected chi connectivity index (χ1v) is 7.91. The van der Waals surface area contributed by atoms with Crippen LogP contribution in [-0.2, 0) is 10.0 Å². The number of hydrogen-bond acceptors (Lipinski definition) is 4. The zero-order valence-corrected chi connectivity index (χ0v) is 11.9. The van der Waals surface area contributed by atoms with Crippen LogP contribution in [0.1, 0.15) is 36.0 Å². The van der Waals surface area contributed by atoms with Gasteiger partial charge in [-0.05, 0) is 31.0 Å². The molecule has 2 N–H and O–H groups in total. The molecule has 0 heterocycles. The maximum absolute atomic E-state index is 12.2. The van der Waals surface area contributed by atoms with Gasteiger partial charge in [-0.2, -0.15) is 0 Å². The molecule has 1 aliphatic rings. The van der Waals surface area contributed by atoms with Crippen LogP contribution in [0.15, 0.2) is 18.2 Å². The summed E-state index contributed by atoms with van der Waals surface area (Å²) in [5.41, 5.74) is -0.0453. The lowest BCUT2D eigenvalue weighted by molar-refractivity contribution is 0.0697. The molecule has 0 bridgehead atoms. The molecule has 0 saturated heterocycles. The third-order valence-corrected chi connectivity index (χ3v) is 5.30. The molecule has 1 aliphatic carbocycles. The van der Waals surface area contributed by atoms with E-state index in [0.29, 0.717) is 18.6 Å². The lowest BCUT2D eigenvalue weighted by Gasteiger charge is -2.15. The van der Waals surface area contributed by atoms with Gasteiger partial charge in [-0.25, -0.2) is 13.2 Å². The Bertz CT molecular complexity index is 605. The average Bonchev–Trinajstić information content (AvgIpc) is 2.93. The highest BCUT2D eigenvalue weighted by molar-refractivity contribution is 7.93. The molecule has 1 fully saturated rings. The summed E-state index contributed by atoms with van der Waals surface area (Å²) in [7, 11) is -2.12. The minimum atomic E-state index is -3.54. The van der Waals surface area contributed by atoms with Crippen LogP contribution in [0, 0.1) is 0 Å².